The van der Waals surface area contributed by atoms with Crippen molar-refractivity contribution >= 4 is 21.5 Å². The molecule has 0 bridgehead atoms. The number of fused-ring (bicyclic) bond motifs is 1. The molecule has 1 aliphatic rings. The number of aryl methyl sites for hydroxylation is 1. The molecule has 2 aromatic rings. The second kappa shape index (κ2) is 4.40. The Kier molecular flexibility index (Phi) is 2.87. The van der Waals surface area contributed by atoms with Crippen LogP contribution in [0, 0.1) is 6.92 Å². The first kappa shape index (κ1) is 11.7. The van der Waals surface area contributed by atoms with Crippen molar-refractivity contribution in [2.45, 2.75) is 20.3 Å². The molecule has 0 saturated carbocycles. The monoisotopic (exact) mass is 298 g/mol. The molecule has 1 aliphatic carbocycles. The van der Waals surface area contributed by atoms with Crippen molar-refractivity contribution in [3.05, 3.63) is 63.6 Å². The van der Waals surface area contributed by atoms with Gasteiger partial charge >= 0.3 is 0 Å². The molecule has 0 atom stereocenters. The quantitative estimate of drug-likeness (QED) is 0.663. The highest BCUT2D eigenvalue weighted by Gasteiger charge is 2.18. The average Bonchev–Trinajstić information content (AvgIpc) is 2.75. The van der Waals surface area contributed by atoms with Crippen molar-refractivity contribution in [1.82, 2.24) is 0 Å². The van der Waals surface area contributed by atoms with Crippen LogP contribution in [0.25, 0.3) is 16.7 Å². The van der Waals surface area contributed by atoms with Gasteiger partial charge in [-0.3, -0.25) is 0 Å². The summed E-state index contributed by atoms with van der Waals surface area (Å²) < 4.78 is 1.21. The highest BCUT2D eigenvalue weighted by Crippen LogP contribution is 2.39. The molecule has 0 heterocycles. The summed E-state index contributed by atoms with van der Waals surface area (Å²) in [5.74, 6) is 0. The van der Waals surface area contributed by atoms with Gasteiger partial charge < -0.3 is 0 Å². The lowest BCUT2D eigenvalue weighted by atomic mass is 9.95. The zero-order chi connectivity index (χ0) is 12.7. The summed E-state index contributed by atoms with van der Waals surface area (Å²) in [7, 11) is 0. The molecule has 0 radical (unpaired) electrons. The third-order valence-corrected chi connectivity index (χ3v) is 4.29. The summed E-state index contributed by atoms with van der Waals surface area (Å²) in [6.45, 7) is 4.32. The van der Waals surface area contributed by atoms with Gasteiger partial charge in [0, 0.05) is 4.47 Å². The second-order valence-corrected chi connectivity index (χ2v) is 5.76. The summed E-state index contributed by atoms with van der Waals surface area (Å²) in [5.41, 5.74) is 8.19. The van der Waals surface area contributed by atoms with Crippen LogP contribution < -0.4 is 0 Å². The topological polar surface area (TPSA) is 0 Å². The summed E-state index contributed by atoms with van der Waals surface area (Å²) in [5, 5.41) is 0. The van der Waals surface area contributed by atoms with Crippen molar-refractivity contribution in [3.8, 4) is 11.1 Å². The van der Waals surface area contributed by atoms with Crippen molar-refractivity contribution in [2.75, 3.05) is 0 Å². The van der Waals surface area contributed by atoms with E-state index in [-0.39, 0.29) is 0 Å². The van der Waals surface area contributed by atoms with E-state index in [9.17, 15) is 0 Å². The van der Waals surface area contributed by atoms with Crippen molar-refractivity contribution in [1.29, 1.82) is 0 Å². The normalized spacial score (nSPS) is 13.4. The highest BCUT2D eigenvalue weighted by molar-refractivity contribution is 9.10. The lowest BCUT2D eigenvalue weighted by molar-refractivity contribution is 1.30. The van der Waals surface area contributed by atoms with Crippen molar-refractivity contribution < 1.29 is 0 Å². The van der Waals surface area contributed by atoms with Crippen molar-refractivity contribution in [3.63, 3.8) is 0 Å². The molecule has 1 heteroatoms. The maximum atomic E-state index is 3.67. The van der Waals surface area contributed by atoms with E-state index in [4.69, 9.17) is 0 Å². The molecule has 0 fully saturated rings. The molecule has 0 N–H and O–H groups in total. The Hall–Kier alpha value is -1.34. The van der Waals surface area contributed by atoms with Gasteiger partial charge in [0.15, 0.2) is 0 Å². The SMILES string of the molecule is CC1=CCc2c(-c3ccc(C)cc3)ccc(Br)c21. The smallest absolute Gasteiger partial charge is 0.0253 e. The van der Waals surface area contributed by atoms with Crippen LogP contribution in [0.1, 0.15) is 23.6 Å². The number of allylic oxidation sites excluding steroid dienone is 2. The van der Waals surface area contributed by atoms with Crippen LogP contribution in [0.5, 0.6) is 0 Å². The molecule has 3 rings (SSSR count). The minimum absolute atomic E-state index is 1.05. The van der Waals surface area contributed by atoms with Crippen LogP contribution in [0.3, 0.4) is 0 Å². The molecule has 0 saturated heterocycles. The number of hydrogen-bond acceptors (Lipinski definition) is 0. The first-order chi connectivity index (χ1) is 8.66. The highest BCUT2D eigenvalue weighted by atomic mass is 79.9. The van der Waals surface area contributed by atoms with Crippen LogP contribution >= 0.6 is 15.9 Å². The largest absolute Gasteiger partial charge is 0.0765 e. The van der Waals surface area contributed by atoms with E-state index in [0.717, 1.165) is 6.42 Å². The number of benzene rings is 2. The standard InChI is InChI=1S/C17H15Br/c1-11-3-6-13(7-4-11)14-9-10-16(18)17-12(2)5-8-15(14)17/h3-7,9-10H,8H2,1-2H3. The molecule has 0 unspecified atom stereocenters. The average molecular weight is 299 g/mol. The van der Waals surface area contributed by atoms with E-state index in [0.29, 0.717) is 0 Å². The number of halogens is 1. The van der Waals surface area contributed by atoms with Crippen LogP contribution in [-0.2, 0) is 6.42 Å². The lowest BCUT2D eigenvalue weighted by Gasteiger charge is -2.12. The lowest BCUT2D eigenvalue weighted by Crippen LogP contribution is -1.91. The van der Waals surface area contributed by atoms with Gasteiger partial charge in [0.05, 0.1) is 0 Å². The summed E-state index contributed by atoms with van der Waals surface area (Å²) in [6.07, 6.45) is 3.36. The molecule has 0 spiro atoms. The molecular weight excluding hydrogens is 284 g/mol. The fraction of sp³-hybridized carbons (Fsp3) is 0.176. The first-order valence-corrected chi connectivity index (χ1v) is 7.01. The van der Waals surface area contributed by atoms with Gasteiger partial charge in [0.1, 0.15) is 0 Å². The Morgan fingerprint density at radius 1 is 0.944 bits per heavy atom. The van der Waals surface area contributed by atoms with E-state index < -0.39 is 0 Å². The predicted octanol–water partition coefficient (Wildman–Crippen LogP) is 5.38. The van der Waals surface area contributed by atoms with Crippen LogP contribution in [0.2, 0.25) is 0 Å². The van der Waals surface area contributed by atoms with Gasteiger partial charge in [-0.2, -0.15) is 0 Å². The van der Waals surface area contributed by atoms with E-state index >= 15 is 0 Å². The molecule has 2 aromatic carbocycles. The maximum absolute atomic E-state index is 3.67. The predicted molar refractivity (Wildman–Crippen MR) is 81.7 cm³/mol. The Bertz CT molecular complexity index is 633. The number of rotatable bonds is 1. The van der Waals surface area contributed by atoms with E-state index in [1.165, 1.54) is 37.9 Å². The molecule has 0 amide bonds. The van der Waals surface area contributed by atoms with Crippen LogP contribution in [0.15, 0.2) is 46.9 Å². The fourth-order valence-corrected chi connectivity index (χ4v) is 3.30. The molecular formula is C17H15Br. The third-order valence-electron chi connectivity index (χ3n) is 3.63. The van der Waals surface area contributed by atoms with Gasteiger partial charge in [0.25, 0.3) is 0 Å². The summed E-state index contributed by atoms with van der Waals surface area (Å²) >= 11 is 3.67. The van der Waals surface area contributed by atoms with E-state index in [1.54, 1.807) is 0 Å². The minimum atomic E-state index is 1.05. The van der Waals surface area contributed by atoms with E-state index in [2.05, 4.69) is 72.3 Å². The molecule has 90 valence electrons. The Morgan fingerprint density at radius 3 is 2.39 bits per heavy atom. The minimum Gasteiger partial charge on any atom is -0.0765 e. The van der Waals surface area contributed by atoms with Gasteiger partial charge in [0.2, 0.25) is 0 Å². The Morgan fingerprint density at radius 2 is 1.67 bits per heavy atom. The fourth-order valence-electron chi connectivity index (χ4n) is 2.62. The first-order valence-electron chi connectivity index (χ1n) is 6.22. The Balaban J connectivity index is 2.19. The maximum Gasteiger partial charge on any atom is 0.0253 e. The second-order valence-electron chi connectivity index (χ2n) is 4.91. The van der Waals surface area contributed by atoms with Crippen LogP contribution in [-0.4, -0.2) is 0 Å². The Labute approximate surface area is 116 Å². The zero-order valence-corrected chi connectivity index (χ0v) is 12.2. The number of hydrogen-bond donors (Lipinski definition) is 0. The van der Waals surface area contributed by atoms with Gasteiger partial charge in [-0.05, 0) is 54.2 Å². The van der Waals surface area contributed by atoms with Crippen LogP contribution in [0.4, 0.5) is 0 Å². The molecule has 0 nitrogen and oxygen atoms in total. The molecule has 0 aliphatic heterocycles. The third kappa shape index (κ3) is 1.83. The molecule has 18 heavy (non-hydrogen) atoms. The van der Waals surface area contributed by atoms with Gasteiger partial charge in [-0.1, -0.05) is 57.9 Å². The summed E-state index contributed by atoms with van der Waals surface area (Å²) in [4.78, 5) is 0. The van der Waals surface area contributed by atoms with Crippen molar-refractivity contribution in [2.24, 2.45) is 0 Å². The summed E-state index contributed by atoms with van der Waals surface area (Å²) in [6, 6.07) is 13.2. The zero-order valence-electron chi connectivity index (χ0n) is 10.6. The molecule has 0 aromatic heterocycles. The van der Waals surface area contributed by atoms with Gasteiger partial charge in [-0.25, -0.2) is 0 Å². The van der Waals surface area contributed by atoms with E-state index in [1.807, 2.05) is 0 Å². The van der Waals surface area contributed by atoms with Gasteiger partial charge in [-0.15, -0.1) is 0 Å².